The minimum Gasteiger partial charge on any atom is -0.507 e. The van der Waals surface area contributed by atoms with Crippen molar-refractivity contribution in [2.75, 3.05) is 25.1 Å². The number of amides is 1. The molecular formula is C20H21N5O4. The second-order valence-electron chi connectivity index (χ2n) is 7.00. The number of piperidine rings is 1. The lowest BCUT2D eigenvalue weighted by atomic mass is 9.96. The first-order valence-corrected chi connectivity index (χ1v) is 9.29. The number of ether oxygens (including phenoxy) is 1. The van der Waals surface area contributed by atoms with Crippen LogP contribution in [-0.4, -0.2) is 46.2 Å². The van der Waals surface area contributed by atoms with Crippen molar-refractivity contribution in [3.63, 3.8) is 0 Å². The van der Waals surface area contributed by atoms with E-state index in [4.69, 9.17) is 10.5 Å². The van der Waals surface area contributed by atoms with Crippen LogP contribution in [0.1, 0.15) is 12.8 Å². The molecule has 0 spiro atoms. The average molecular weight is 395 g/mol. The average Bonchev–Trinajstić information content (AvgIpc) is 2.73. The van der Waals surface area contributed by atoms with Crippen LogP contribution in [0.15, 0.2) is 35.1 Å². The van der Waals surface area contributed by atoms with Gasteiger partial charge in [0.1, 0.15) is 11.5 Å². The summed E-state index contributed by atoms with van der Waals surface area (Å²) >= 11 is 0. The van der Waals surface area contributed by atoms with Crippen LogP contribution in [0.4, 0.5) is 5.95 Å². The number of carbonyl (C=O) groups excluding carboxylic acids is 1. The van der Waals surface area contributed by atoms with Crippen molar-refractivity contribution < 1.29 is 14.6 Å². The molecular weight excluding hydrogens is 374 g/mol. The highest BCUT2D eigenvalue weighted by atomic mass is 16.5. The Hall–Kier alpha value is -3.62. The van der Waals surface area contributed by atoms with Gasteiger partial charge in [-0.1, -0.05) is 0 Å². The molecule has 9 heteroatoms. The summed E-state index contributed by atoms with van der Waals surface area (Å²) < 4.78 is 5.21. The van der Waals surface area contributed by atoms with Crippen molar-refractivity contribution in [3.05, 3.63) is 40.7 Å². The number of aromatic amines is 1. The Morgan fingerprint density at radius 1 is 1.24 bits per heavy atom. The molecule has 1 aromatic carbocycles. The Bertz CT molecular complexity index is 1140. The summed E-state index contributed by atoms with van der Waals surface area (Å²) in [5, 5.41) is 10.6. The number of hydrogen-bond donors (Lipinski definition) is 3. The first kappa shape index (κ1) is 18.7. The number of nitrogens with two attached hydrogens (primary N) is 1. The maximum absolute atomic E-state index is 12.5. The van der Waals surface area contributed by atoms with E-state index in [9.17, 15) is 14.7 Å². The van der Waals surface area contributed by atoms with Crippen molar-refractivity contribution in [3.8, 4) is 22.8 Å². The van der Waals surface area contributed by atoms with Gasteiger partial charge in [0.2, 0.25) is 11.9 Å². The molecule has 0 radical (unpaired) electrons. The lowest BCUT2D eigenvalue weighted by Crippen LogP contribution is -2.40. The van der Waals surface area contributed by atoms with Crippen molar-refractivity contribution in [1.82, 2.24) is 15.0 Å². The van der Waals surface area contributed by atoms with Crippen LogP contribution in [0.25, 0.3) is 22.3 Å². The van der Waals surface area contributed by atoms with E-state index in [1.54, 1.807) is 31.4 Å². The molecule has 3 aromatic rings. The van der Waals surface area contributed by atoms with E-state index in [1.807, 2.05) is 4.90 Å². The molecule has 0 aliphatic carbocycles. The van der Waals surface area contributed by atoms with Gasteiger partial charge in [0.05, 0.1) is 18.2 Å². The van der Waals surface area contributed by atoms with E-state index in [2.05, 4.69) is 15.0 Å². The van der Waals surface area contributed by atoms with Crippen LogP contribution in [0.5, 0.6) is 11.5 Å². The number of rotatable bonds is 4. The molecule has 150 valence electrons. The number of fused-ring (bicyclic) bond motifs is 1. The predicted molar refractivity (Wildman–Crippen MR) is 108 cm³/mol. The Labute approximate surface area is 166 Å². The smallest absolute Gasteiger partial charge is 0.261 e. The van der Waals surface area contributed by atoms with Gasteiger partial charge in [-0.3, -0.25) is 14.6 Å². The zero-order valence-electron chi connectivity index (χ0n) is 15.9. The molecule has 1 aliphatic rings. The third kappa shape index (κ3) is 3.58. The molecule has 1 amide bonds. The largest absolute Gasteiger partial charge is 0.507 e. The molecule has 9 nitrogen and oxygen atoms in total. The molecule has 0 unspecified atom stereocenters. The number of phenolic OH excluding ortho intramolecular Hbond substituents is 1. The number of nitrogens with one attached hydrogen (secondary N) is 1. The Morgan fingerprint density at radius 2 is 2.00 bits per heavy atom. The van der Waals surface area contributed by atoms with Gasteiger partial charge >= 0.3 is 0 Å². The van der Waals surface area contributed by atoms with Crippen molar-refractivity contribution in [2.24, 2.45) is 11.7 Å². The summed E-state index contributed by atoms with van der Waals surface area (Å²) in [6, 6.07) is 8.14. The molecule has 3 heterocycles. The minimum atomic E-state index is -0.297. The Kier molecular flexibility index (Phi) is 4.79. The highest BCUT2D eigenvalue weighted by molar-refractivity contribution is 5.80. The number of aromatic hydroxyl groups is 1. The van der Waals surface area contributed by atoms with Gasteiger partial charge in [0.15, 0.2) is 5.65 Å². The molecule has 2 aromatic heterocycles. The second-order valence-corrected chi connectivity index (χ2v) is 7.00. The highest BCUT2D eigenvalue weighted by Gasteiger charge is 2.24. The van der Waals surface area contributed by atoms with Gasteiger partial charge in [-0.05, 0) is 43.2 Å². The van der Waals surface area contributed by atoms with E-state index in [0.717, 1.165) is 0 Å². The van der Waals surface area contributed by atoms with Crippen LogP contribution in [0.3, 0.4) is 0 Å². The number of benzene rings is 1. The molecule has 0 bridgehead atoms. The molecule has 4 N–H and O–H groups in total. The minimum absolute atomic E-state index is 0.0521. The fraction of sp³-hybridized carbons (Fsp3) is 0.300. The molecule has 4 rings (SSSR count). The van der Waals surface area contributed by atoms with Gasteiger partial charge in [-0.15, -0.1) is 0 Å². The number of primary amides is 1. The maximum Gasteiger partial charge on any atom is 0.261 e. The summed E-state index contributed by atoms with van der Waals surface area (Å²) in [7, 11) is 1.54. The van der Waals surface area contributed by atoms with E-state index in [0.29, 0.717) is 54.3 Å². The number of pyridine rings is 1. The summed E-state index contributed by atoms with van der Waals surface area (Å²) in [6.45, 7) is 1.14. The maximum atomic E-state index is 12.5. The number of methoxy groups -OCH3 is 1. The number of H-pyrrole nitrogens is 1. The molecule has 1 fully saturated rings. The van der Waals surface area contributed by atoms with Gasteiger partial charge in [0.25, 0.3) is 5.56 Å². The molecule has 1 saturated heterocycles. The number of phenols is 1. The molecule has 1 aliphatic heterocycles. The van der Waals surface area contributed by atoms with E-state index in [-0.39, 0.29) is 28.8 Å². The standard InChI is InChI=1S/C20H21N5O4/c1-29-12-2-5-16(26)14(10-12)15-4-3-13-18(22-15)23-20(24-19(13)28)25-8-6-11(7-9-25)17(21)27/h2-5,10-11,26H,6-9H2,1H3,(H2,21,27)(H,22,23,24,28). The van der Waals surface area contributed by atoms with Crippen LogP contribution < -0.4 is 20.9 Å². The number of nitrogens with zero attached hydrogens (tertiary/aromatic N) is 3. The van der Waals surface area contributed by atoms with E-state index in [1.165, 1.54) is 6.07 Å². The fourth-order valence-corrected chi connectivity index (χ4v) is 3.53. The zero-order valence-corrected chi connectivity index (χ0v) is 15.9. The van der Waals surface area contributed by atoms with Gasteiger partial charge in [0, 0.05) is 24.6 Å². The van der Waals surface area contributed by atoms with Crippen molar-refractivity contribution in [2.45, 2.75) is 12.8 Å². The predicted octanol–water partition coefficient (Wildman–Crippen LogP) is 1.40. The summed E-state index contributed by atoms with van der Waals surface area (Å²) in [5.41, 5.74) is 6.33. The molecule has 0 saturated carbocycles. The van der Waals surface area contributed by atoms with E-state index >= 15 is 0 Å². The monoisotopic (exact) mass is 395 g/mol. The normalized spacial score (nSPS) is 14.9. The van der Waals surface area contributed by atoms with Crippen molar-refractivity contribution >= 4 is 22.9 Å². The van der Waals surface area contributed by atoms with Gasteiger partial charge in [-0.25, -0.2) is 4.98 Å². The van der Waals surface area contributed by atoms with Gasteiger partial charge < -0.3 is 20.5 Å². The number of aromatic nitrogens is 3. The first-order valence-electron chi connectivity index (χ1n) is 9.29. The SMILES string of the molecule is COc1ccc(O)c(-c2ccc3c(=O)[nH]c(N4CCC(C(N)=O)CC4)nc3n2)c1. The Morgan fingerprint density at radius 3 is 2.69 bits per heavy atom. The van der Waals surface area contributed by atoms with Crippen molar-refractivity contribution in [1.29, 1.82) is 0 Å². The highest BCUT2D eigenvalue weighted by Crippen LogP contribution is 2.32. The zero-order chi connectivity index (χ0) is 20.5. The number of anilines is 1. The molecule has 0 atom stereocenters. The van der Waals surface area contributed by atoms with Crippen LogP contribution in [0.2, 0.25) is 0 Å². The summed E-state index contributed by atoms with van der Waals surface area (Å²) in [6.07, 6.45) is 1.23. The second kappa shape index (κ2) is 7.42. The van der Waals surface area contributed by atoms with Crippen LogP contribution in [0, 0.1) is 5.92 Å². The fourth-order valence-electron chi connectivity index (χ4n) is 3.53. The Balaban J connectivity index is 1.72. The van der Waals surface area contributed by atoms with Crippen LogP contribution in [-0.2, 0) is 4.79 Å². The number of carbonyl (C=O) groups is 1. The first-order chi connectivity index (χ1) is 14.0. The topological polar surface area (TPSA) is 134 Å². The summed E-state index contributed by atoms with van der Waals surface area (Å²) in [5.74, 6) is 0.589. The van der Waals surface area contributed by atoms with Gasteiger partial charge in [-0.2, -0.15) is 4.98 Å². The van der Waals surface area contributed by atoms with Crippen LogP contribution >= 0.6 is 0 Å². The number of hydrogen-bond acceptors (Lipinski definition) is 7. The quantitative estimate of drug-likeness (QED) is 0.608. The summed E-state index contributed by atoms with van der Waals surface area (Å²) in [4.78, 5) is 37.6. The third-order valence-electron chi connectivity index (χ3n) is 5.23. The lowest BCUT2D eigenvalue weighted by molar-refractivity contribution is -0.122. The molecule has 29 heavy (non-hydrogen) atoms. The third-order valence-corrected chi connectivity index (χ3v) is 5.23. The lowest BCUT2D eigenvalue weighted by Gasteiger charge is -2.30. The van der Waals surface area contributed by atoms with E-state index < -0.39 is 0 Å².